The number of nitrogens with zero attached hydrogens (tertiary/aromatic N) is 2. The lowest BCUT2D eigenvalue weighted by Gasteiger charge is -2.34. The maximum Gasteiger partial charge on any atom is 0.321 e. The topological polar surface area (TPSA) is 54.0 Å². The maximum atomic E-state index is 13.2. The highest BCUT2D eigenvalue weighted by Gasteiger charge is 2.21. The van der Waals surface area contributed by atoms with Gasteiger partial charge in [0.2, 0.25) is 0 Å². The van der Waals surface area contributed by atoms with Crippen LogP contribution in [0.3, 0.4) is 0 Å². The van der Waals surface area contributed by atoms with Gasteiger partial charge in [0.25, 0.3) is 0 Å². The van der Waals surface area contributed by atoms with E-state index in [0.29, 0.717) is 18.8 Å². The first-order chi connectivity index (χ1) is 13.6. The molecule has 6 nitrogen and oxygen atoms in total. The Kier molecular flexibility index (Phi) is 6.71. The van der Waals surface area contributed by atoms with E-state index in [-0.39, 0.29) is 11.8 Å². The third kappa shape index (κ3) is 5.13. The van der Waals surface area contributed by atoms with Crippen molar-refractivity contribution < 1.29 is 18.7 Å². The van der Waals surface area contributed by atoms with E-state index in [1.54, 1.807) is 31.3 Å². The van der Waals surface area contributed by atoms with Crippen LogP contribution in [0.5, 0.6) is 11.5 Å². The van der Waals surface area contributed by atoms with Crippen LogP contribution < -0.4 is 14.8 Å². The minimum atomic E-state index is -0.363. The number of hydrogen-bond acceptors (Lipinski definition) is 4. The Balaban J connectivity index is 1.46. The van der Waals surface area contributed by atoms with Gasteiger partial charge in [-0.1, -0.05) is 12.1 Å². The lowest BCUT2D eigenvalue weighted by Crippen LogP contribution is -2.50. The monoisotopic (exact) mass is 387 g/mol. The normalized spacial score (nSPS) is 14.6. The molecule has 1 heterocycles. The fourth-order valence-electron chi connectivity index (χ4n) is 3.27. The largest absolute Gasteiger partial charge is 0.493 e. The first-order valence-corrected chi connectivity index (χ1v) is 9.34. The van der Waals surface area contributed by atoms with Gasteiger partial charge < -0.3 is 19.7 Å². The Labute approximate surface area is 164 Å². The van der Waals surface area contributed by atoms with Crippen LogP contribution in [0.4, 0.5) is 14.9 Å². The van der Waals surface area contributed by atoms with E-state index in [9.17, 15) is 9.18 Å². The third-order valence-corrected chi connectivity index (χ3v) is 4.90. The van der Waals surface area contributed by atoms with E-state index >= 15 is 0 Å². The number of nitrogens with one attached hydrogen (secondary N) is 1. The van der Waals surface area contributed by atoms with Gasteiger partial charge in [-0.15, -0.1) is 0 Å². The molecule has 2 amide bonds. The summed E-state index contributed by atoms with van der Waals surface area (Å²) in [6.07, 6.45) is 0.899. The Morgan fingerprint density at radius 3 is 2.46 bits per heavy atom. The van der Waals surface area contributed by atoms with Crippen molar-refractivity contribution >= 4 is 11.7 Å². The number of urea groups is 1. The number of carbonyl (C=O) groups excluding carboxylic acids is 1. The second kappa shape index (κ2) is 9.41. The van der Waals surface area contributed by atoms with Gasteiger partial charge in [0.1, 0.15) is 5.82 Å². The summed E-state index contributed by atoms with van der Waals surface area (Å²) in [6.45, 7) is 3.82. The third-order valence-electron chi connectivity index (χ3n) is 4.90. The molecule has 2 aromatic rings. The molecule has 28 heavy (non-hydrogen) atoms. The molecule has 0 unspecified atom stereocenters. The molecule has 0 bridgehead atoms. The van der Waals surface area contributed by atoms with Crippen molar-refractivity contribution in [1.82, 2.24) is 9.80 Å². The number of anilines is 1. The number of benzene rings is 2. The van der Waals surface area contributed by atoms with Crippen LogP contribution in [-0.4, -0.2) is 62.8 Å². The van der Waals surface area contributed by atoms with Crippen molar-refractivity contribution in [2.75, 3.05) is 52.3 Å². The molecule has 0 aliphatic carbocycles. The highest BCUT2D eigenvalue weighted by molar-refractivity contribution is 5.89. The van der Waals surface area contributed by atoms with Gasteiger partial charge in [0, 0.05) is 38.4 Å². The minimum absolute atomic E-state index is 0.190. The second-order valence-corrected chi connectivity index (χ2v) is 6.71. The summed E-state index contributed by atoms with van der Waals surface area (Å²) in [5.74, 6) is 1.10. The summed E-state index contributed by atoms with van der Waals surface area (Å²) in [6, 6.07) is 11.7. The van der Waals surface area contributed by atoms with E-state index in [4.69, 9.17) is 9.47 Å². The molecule has 1 saturated heterocycles. The van der Waals surface area contributed by atoms with Gasteiger partial charge in [0.15, 0.2) is 11.5 Å². The van der Waals surface area contributed by atoms with Gasteiger partial charge in [-0.3, -0.25) is 4.90 Å². The lowest BCUT2D eigenvalue weighted by molar-refractivity contribution is 0.148. The van der Waals surface area contributed by atoms with Crippen molar-refractivity contribution in [3.63, 3.8) is 0 Å². The summed E-state index contributed by atoms with van der Waals surface area (Å²) in [5, 5.41) is 2.75. The quantitative estimate of drug-likeness (QED) is 0.827. The Hall–Kier alpha value is -2.80. The minimum Gasteiger partial charge on any atom is -0.493 e. The van der Waals surface area contributed by atoms with Crippen LogP contribution in [0.2, 0.25) is 0 Å². The SMILES string of the molecule is COc1ccc(CCN2CCN(C(=O)Nc3cccc(F)c3)CC2)cc1OC. The zero-order valence-electron chi connectivity index (χ0n) is 16.3. The number of ether oxygens (including phenoxy) is 2. The van der Waals surface area contributed by atoms with E-state index in [1.807, 2.05) is 18.2 Å². The standard InChI is InChI=1S/C21H26FN3O3/c1-27-19-7-6-16(14-20(19)28-2)8-9-24-10-12-25(13-11-24)21(26)23-18-5-3-4-17(22)15-18/h3-7,14-15H,8-13H2,1-2H3,(H,23,26). The first-order valence-electron chi connectivity index (χ1n) is 9.34. The highest BCUT2D eigenvalue weighted by Crippen LogP contribution is 2.27. The molecule has 0 spiro atoms. The van der Waals surface area contributed by atoms with E-state index < -0.39 is 0 Å². The molecule has 150 valence electrons. The van der Waals surface area contributed by atoms with Crippen molar-refractivity contribution in [2.24, 2.45) is 0 Å². The molecule has 1 aliphatic rings. The number of piperazine rings is 1. The molecular formula is C21H26FN3O3. The molecule has 0 saturated carbocycles. The molecule has 0 radical (unpaired) electrons. The van der Waals surface area contributed by atoms with E-state index in [0.717, 1.165) is 37.6 Å². The fourth-order valence-corrected chi connectivity index (χ4v) is 3.27. The lowest BCUT2D eigenvalue weighted by atomic mass is 10.1. The summed E-state index contributed by atoms with van der Waals surface area (Å²) < 4.78 is 23.9. The number of halogens is 1. The molecule has 1 N–H and O–H groups in total. The van der Waals surface area contributed by atoms with Crippen molar-refractivity contribution in [3.05, 3.63) is 53.8 Å². The average molecular weight is 387 g/mol. The summed E-state index contributed by atoms with van der Waals surface area (Å²) in [7, 11) is 3.26. The average Bonchev–Trinajstić information content (AvgIpc) is 2.72. The van der Waals surface area contributed by atoms with Crippen molar-refractivity contribution in [2.45, 2.75) is 6.42 Å². The van der Waals surface area contributed by atoms with Crippen LogP contribution in [-0.2, 0) is 6.42 Å². The van der Waals surface area contributed by atoms with Gasteiger partial charge in [-0.2, -0.15) is 0 Å². The Morgan fingerprint density at radius 2 is 1.79 bits per heavy atom. The molecular weight excluding hydrogens is 361 g/mol. The number of carbonyl (C=O) groups is 1. The van der Waals surface area contributed by atoms with E-state index in [2.05, 4.69) is 10.2 Å². The molecule has 7 heteroatoms. The van der Waals surface area contributed by atoms with Gasteiger partial charge >= 0.3 is 6.03 Å². The number of amides is 2. The number of methoxy groups -OCH3 is 2. The predicted octanol–water partition coefficient (Wildman–Crippen LogP) is 3.24. The van der Waals surface area contributed by atoms with Crippen LogP contribution in [0, 0.1) is 5.82 Å². The zero-order chi connectivity index (χ0) is 19.9. The number of rotatable bonds is 6. The van der Waals surface area contributed by atoms with Crippen molar-refractivity contribution in [1.29, 1.82) is 0 Å². The van der Waals surface area contributed by atoms with Gasteiger partial charge in [-0.05, 0) is 42.3 Å². The summed E-state index contributed by atoms with van der Waals surface area (Å²) in [4.78, 5) is 16.4. The highest BCUT2D eigenvalue weighted by atomic mass is 19.1. The number of hydrogen-bond donors (Lipinski definition) is 1. The van der Waals surface area contributed by atoms with E-state index in [1.165, 1.54) is 17.7 Å². The van der Waals surface area contributed by atoms with Crippen LogP contribution in [0.1, 0.15) is 5.56 Å². The van der Waals surface area contributed by atoms with Gasteiger partial charge in [0.05, 0.1) is 14.2 Å². The molecule has 0 aromatic heterocycles. The maximum absolute atomic E-state index is 13.2. The molecule has 1 fully saturated rings. The van der Waals surface area contributed by atoms with Crippen LogP contribution >= 0.6 is 0 Å². The predicted molar refractivity (Wildman–Crippen MR) is 107 cm³/mol. The molecule has 0 atom stereocenters. The Bertz CT molecular complexity index is 807. The van der Waals surface area contributed by atoms with Crippen LogP contribution in [0.25, 0.3) is 0 Å². The second-order valence-electron chi connectivity index (χ2n) is 6.71. The Morgan fingerprint density at radius 1 is 1.04 bits per heavy atom. The molecule has 3 rings (SSSR count). The summed E-state index contributed by atoms with van der Waals surface area (Å²) >= 11 is 0. The molecule has 1 aliphatic heterocycles. The van der Waals surface area contributed by atoms with Crippen LogP contribution in [0.15, 0.2) is 42.5 Å². The zero-order valence-corrected chi connectivity index (χ0v) is 16.3. The van der Waals surface area contributed by atoms with Crippen molar-refractivity contribution in [3.8, 4) is 11.5 Å². The first kappa shape index (κ1) is 19.9. The molecule has 2 aromatic carbocycles. The van der Waals surface area contributed by atoms with Gasteiger partial charge in [-0.25, -0.2) is 9.18 Å². The smallest absolute Gasteiger partial charge is 0.321 e. The fraction of sp³-hybridized carbons (Fsp3) is 0.381. The summed E-state index contributed by atoms with van der Waals surface area (Å²) in [5.41, 5.74) is 1.66.